The van der Waals surface area contributed by atoms with E-state index in [0.29, 0.717) is 5.92 Å². The van der Waals surface area contributed by atoms with Gasteiger partial charge < -0.3 is 15.7 Å². The molecular formula is C11H22N2O2. The van der Waals surface area contributed by atoms with Crippen LogP contribution in [0.3, 0.4) is 0 Å². The molecule has 0 aromatic rings. The predicted molar refractivity (Wildman–Crippen MR) is 59.5 cm³/mol. The molecule has 1 amide bonds. The summed E-state index contributed by atoms with van der Waals surface area (Å²) in [6.07, 6.45) is 2.77. The van der Waals surface area contributed by atoms with Crippen molar-refractivity contribution in [1.29, 1.82) is 0 Å². The Kier molecular flexibility index (Phi) is 5.65. The standard InChI is InChI=1S/C11H22N2O2/c1-9(10-7-12-8-10)11(15)13-5-3-2-4-6-14/h9-10,12,14H,2-8H2,1H3,(H,13,15). The van der Waals surface area contributed by atoms with Gasteiger partial charge in [-0.25, -0.2) is 0 Å². The van der Waals surface area contributed by atoms with Gasteiger partial charge in [0.15, 0.2) is 0 Å². The number of aliphatic hydroxyl groups is 1. The molecule has 1 unspecified atom stereocenters. The summed E-state index contributed by atoms with van der Waals surface area (Å²) < 4.78 is 0. The van der Waals surface area contributed by atoms with Gasteiger partial charge in [-0.3, -0.25) is 4.79 Å². The summed E-state index contributed by atoms with van der Waals surface area (Å²) in [5, 5.41) is 14.7. The van der Waals surface area contributed by atoms with Gasteiger partial charge in [-0.1, -0.05) is 6.92 Å². The first-order valence-corrected chi connectivity index (χ1v) is 5.85. The third-order valence-electron chi connectivity index (χ3n) is 3.07. The molecule has 3 N–H and O–H groups in total. The second-order valence-electron chi connectivity index (χ2n) is 4.28. The zero-order chi connectivity index (χ0) is 11.1. The van der Waals surface area contributed by atoms with Crippen molar-refractivity contribution in [2.24, 2.45) is 11.8 Å². The SMILES string of the molecule is CC(C(=O)NCCCCCO)C1CNC1. The van der Waals surface area contributed by atoms with Gasteiger partial charge >= 0.3 is 0 Å². The van der Waals surface area contributed by atoms with Crippen molar-refractivity contribution >= 4 is 5.91 Å². The van der Waals surface area contributed by atoms with Crippen LogP contribution in [0.5, 0.6) is 0 Å². The molecule has 4 nitrogen and oxygen atoms in total. The lowest BCUT2D eigenvalue weighted by Gasteiger charge is -2.31. The number of hydrogen-bond donors (Lipinski definition) is 3. The molecule has 0 aromatic carbocycles. The van der Waals surface area contributed by atoms with Crippen LogP contribution < -0.4 is 10.6 Å². The molecule has 0 bridgehead atoms. The average Bonchev–Trinajstić information content (AvgIpc) is 2.14. The number of aliphatic hydroxyl groups excluding tert-OH is 1. The number of rotatable bonds is 7. The number of hydrogen-bond acceptors (Lipinski definition) is 3. The highest BCUT2D eigenvalue weighted by Crippen LogP contribution is 2.15. The Labute approximate surface area is 91.4 Å². The highest BCUT2D eigenvalue weighted by Gasteiger charge is 2.28. The van der Waals surface area contributed by atoms with Crippen LogP contribution in [0.4, 0.5) is 0 Å². The van der Waals surface area contributed by atoms with Crippen LogP contribution in [0.25, 0.3) is 0 Å². The topological polar surface area (TPSA) is 61.4 Å². The molecule has 0 aliphatic carbocycles. The van der Waals surface area contributed by atoms with Gasteiger partial charge in [-0.15, -0.1) is 0 Å². The van der Waals surface area contributed by atoms with E-state index in [-0.39, 0.29) is 18.4 Å². The maximum absolute atomic E-state index is 11.6. The van der Waals surface area contributed by atoms with Crippen molar-refractivity contribution < 1.29 is 9.90 Å². The van der Waals surface area contributed by atoms with E-state index in [9.17, 15) is 4.79 Å². The third kappa shape index (κ3) is 4.18. The van der Waals surface area contributed by atoms with E-state index in [0.717, 1.165) is 38.9 Å². The predicted octanol–water partition coefficient (Wildman–Crippen LogP) is 0.121. The first-order chi connectivity index (χ1) is 7.25. The first-order valence-electron chi connectivity index (χ1n) is 5.85. The van der Waals surface area contributed by atoms with Gasteiger partial charge in [0.25, 0.3) is 0 Å². The van der Waals surface area contributed by atoms with E-state index < -0.39 is 0 Å². The Balaban J connectivity index is 2.02. The molecule has 1 fully saturated rings. The van der Waals surface area contributed by atoms with Gasteiger partial charge in [0.1, 0.15) is 0 Å². The van der Waals surface area contributed by atoms with Gasteiger partial charge in [-0.2, -0.15) is 0 Å². The number of carbonyl (C=O) groups excluding carboxylic acids is 1. The lowest BCUT2D eigenvalue weighted by atomic mass is 9.88. The summed E-state index contributed by atoms with van der Waals surface area (Å²) in [6, 6.07) is 0. The maximum atomic E-state index is 11.6. The molecule has 0 radical (unpaired) electrons. The van der Waals surface area contributed by atoms with Crippen LogP contribution in [0.1, 0.15) is 26.2 Å². The summed E-state index contributed by atoms with van der Waals surface area (Å²) in [6.45, 7) is 4.92. The van der Waals surface area contributed by atoms with Gasteiger partial charge in [-0.05, 0) is 38.3 Å². The van der Waals surface area contributed by atoms with Gasteiger partial charge in [0.2, 0.25) is 5.91 Å². The molecule has 0 saturated carbocycles. The van der Waals surface area contributed by atoms with Crippen LogP contribution in [0.2, 0.25) is 0 Å². The summed E-state index contributed by atoms with van der Waals surface area (Å²) in [5.41, 5.74) is 0. The van der Waals surface area contributed by atoms with Crippen LogP contribution in [0.15, 0.2) is 0 Å². The second kappa shape index (κ2) is 6.80. The molecule has 0 aromatic heterocycles. The van der Waals surface area contributed by atoms with E-state index in [4.69, 9.17) is 5.11 Å². The van der Waals surface area contributed by atoms with Crippen LogP contribution in [-0.4, -0.2) is 37.3 Å². The van der Waals surface area contributed by atoms with Crippen molar-refractivity contribution in [3.63, 3.8) is 0 Å². The van der Waals surface area contributed by atoms with Crippen LogP contribution >= 0.6 is 0 Å². The zero-order valence-electron chi connectivity index (χ0n) is 9.46. The summed E-state index contributed by atoms with van der Waals surface area (Å²) >= 11 is 0. The number of carbonyl (C=O) groups is 1. The average molecular weight is 214 g/mol. The molecule has 15 heavy (non-hydrogen) atoms. The third-order valence-corrected chi connectivity index (χ3v) is 3.07. The van der Waals surface area contributed by atoms with Crippen molar-refractivity contribution in [3.8, 4) is 0 Å². The fourth-order valence-electron chi connectivity index (χ4n) is 1.66. The van der Waals surface area contributed by atoms with Crippen molar-refractivity contribution in [2.75, 3.05) is 26.2 Å². The molecule has 1 atom stereocenters. The molecule has 1 aliphatic rings. The van der Waals surface area contributed by atoms with Crippen LogP contribution in [-0.2, 0) is 4.79 Å². The van der Waals surface area contributed by atoms with Crippen molar-refractivity contribution in [1.82, 2.24) is 10.6 Å². The lowest BCUT2D eigenvalue weighted by Crippen LogP contribution is -2.49. The van der Waals surface area contributed by atoms with E-state index in [1.165, 1.54) is 0 Å². The van der Waals surface area contributed by atoms with Crippen LogP contribution in [0, 0.1) is 11.8 Å². The fraction of sp³-hybridized carbons (Fsp3) is 0.909. The lowest BCUT2D eigenvalue weighted by molar-refractivity contribution is -0.126. The monoisotopic (exact) mass is 214 g/mol. The molecule has 88 valence electrons. The minimum Gasteiger partial charge on any atom is -0.396 e. The largest absolute Gasteiger partial charge is 0.396 e. The molecule has 4 heteroatoms. The Morgan fingerprint density at radius 2 is 2.20 bits per heavy atom. The summed E-state index contributed by atoms with van der Waals surface area (Å²) in [4.78, 5) is 11.6. The van der Waals surface area contributed by atoms with E-state index >= 15 is 0 Å². The number of unbranched alkanes of at least 4 members (excludes halogenated alkanes) is 2. The van der Waals surface area contributed by atoms with Gasteiger partial charge in [0, 0.05) is 19.1 Å². The summed E-state index contributed by atoms with van der Waals surface area (Å²) in [5.74, 6) is 0.817. The minimum atomic E-state index is 0.129. The normalized spacial score (nSPS) is 18.3. The second-order valence-corrected chi connectivity index (χ2v) is 4.28. The molecule has 1 aliphatic heterocycles. The Bertz CT molecular complexity index is 193. The highest BCUT2D eigenvalue weighted by atomic mass is 16.2. The number of nitrogens with one attached hydrogen (secondary N) is 2. The van der Waals surface area contributed by atoms with E-state index in [2.05, 4.69) is 10.6 Å². The van der Waals surface area contributed by atoms with E-state index in [1.54, 1.807) is 0 Å². The fourth-order valence-corrected chi connectivity index (χ4v) is 1.66. The number of amides is 1. The Hall–Kier alpha value is -0.610. The minimum absolute atomic E-state index is 0.129. The molecule has 1 saturated heterocycles. The quantitative estimate of drug-likeness (QED) is 0.528. The Morgan fingerprint density at radius 3 is 2.73 bits per heavy atom. The zero-order valence-corrected chi connectivity index (χ0v) is 9.46. The molecule has 1 rings (SSSR count). The first kappa shape index (κ1) is 12.5. The van der Waals surface area contributed by atoms with E-state index in [1.807, 2.05) is 6.92 Å². The Morgan fingerprint density at radius 1 is 1.47 bits per heavy atom. The summed E-state index contributed by atoms with van der Waals surface area (Å²) in [7, 11) is 0. The molecular weight excluding hydrogens is 192 g/mol. The smallest absolute Gasteiger partial charge is 0.223 e. The van der Waals surface area contributed by atoms with Gasteiger partial charge in [0.05, 0.1) is 0 Å². The molecule has 1 heterocycles. The molecule has 0 spiro atoms. The van der Waals surface area contributed by atoms with Crippen molar-refractivity contribution in [2.45, 2.75) is 26.2 Å². The highest BCUT2D eigenvalue weighted by molar-refractivity contribution is 5.78. The maximum Gasteiger partial charge on any atom is 0.223 e. The van der Waals surface area contributed by atoms with Crippen molar-refractivity contribution in [3.05, 3.63) is 0 Å².